The molecule has 1 N–H and O–H groups in total. The van der Waals surface area contributed by atoms with Crippen molar-refractivity contribution in [3.05, 3.63) is 0 Å². The summed E-state index contributed by atoms with van der Waals surface area (Å²) in [7, 11) is 0. The Kier molecular flexibility index (Phi) is 4.96. The zero-order valence-electron chi connectivity index (χ0n) is 21.9. The van der Waals surface area contributed by atoms with E-state index in [1.165, 1.54) is 77.0 Å². The molecule has 1 nitrogen and oxygen atoms in total. The van der Waals surface area contributed by atoms with Crippen molar-refractivity contribution in [1.29, 1.82) is 0 Å². The van der Waals surface area contributed by atoms with Gasteiger partial charge in [-0.1, -0.05) is 54.9 Å². The molecule has 0 radical (unpaired) electrons. The highest BCUT2D eigenvalue weighted by Gasteiger charge is 2.68. The zero-order valence-corrected chi connectivity index (χ0v) is 21.9. The number of hydrogen-bond donors (Lipinski definition) is 1. The molecule has 0 aromatic carbocycles. The summed E-state index contributed by atoms with van der Waals surface area (Å²) >= 11 is 0. The van der Waals surface area contributed by atoms with Gasteiger partial charge in [0.15, 0.2) is 0 Å². The Balaban J connectivity index is 1.52. The van der Waals surface area contributed by atoms with Crippen LogP contribution in [-0.2, 0) is 0 Å². The summed E-state index contributed by atoms with van der Waals surface area (Å²) in [6.45, 7) is 18.8. The van der Waals surface area contributed by atoms with E-state index in [2.05, 4.69) is 48.5 Å². The first-order chi connectivity index (χ1) is 14.3. The van der Waals surface area contributed by atoms with E-state index >= 15 is 0 Å². The van der Waals surface area contributed by atoms with Gasteiger partial charge in [0.05, 0.1) is 0 Å². The second kappa shape index (κ2) is 6.76. The molecule has 0 aromatic rings. The van der Waals surface area contributed by atoms with Crippen molar-refractivity contribution in [3.8, 4) is 0 Å². The van der Waals surface area contributed by atoms with Crippen LogP contribution in [0.5, 0.6) is 0 Å². The fourth-order valence-corrected chi connectivity index (χ4v) is 11.5. The Hall–Kier alpha value is -0.0400. The molecular formula is C30H52O. The molecule has 1 heteroatoms. The van der Waals surface area contributed by atoms with Gasteiger partial charge in [0.1, 0.15) is 0 Å². The third-order valence-corrected chi connectivity index (χ3v) is 13.7. The monoisotopic (exact) mass is 428 g/mol. The topological polar surface area (TPSA) is 20.2 Å². The Morgan fingerprint density at radius 3 is 2.06 bits per heavy atom. The summed E-state index contributed by atoms with van der Waals surface area (Å²) in [5, 5.41) is 10.2. The van der Waals surface area contributed by atoms with Crippen molar-refractivity contribution in [1.82, 2.24) is 0 Å². The van der Waals surface area contributed by atoms with E-state index < -0.39 is 0 Å². The van der Waals surface area contributed by atoms with Crippen LogP contribution in [0.15, 0.2) is 0 Å². The molecule has 5 aliphatic rings. The first kappa shape index (κ1) is 22.7. The maximum atomic E-state index is 10.2. The van der Waals surface area contributed by atoms with Crippen LogP contribution in [0.2, 0.25) is 0 Å². The van der Waals surface area contributed by atoms with Crippen LogP contribution < -0.4 is 0 Å². The van der Waals surface area contributed by atoms with Gasteiger partial charge in [0, 0.05) is 6.61 Å². The smallest absolute Gasteiger partial charge is 0.0484 e. The lowest BCUT2D eigenvalue weighted by Gasteiger charge is -2.73. The minimum Gasteiger partial charge on any atom is -0.396 e. The third kappa shape index (κ3) is 2.89. The lowest BCUT2D eigenvalue weighted by atomic mass is 9.31. The molecule has 0 bridgehead atoms. The Morgan fingerprint density at radius 1 is 0.645 bits per heavy atom. The van der Waals surface area contributed by atoms with E-state index in [4.69, 9.17) is 0 Å². The van der Waals surface area contributed by atoms with E-state index in [0.717, 1.165) is 23.7 Å². The highest BCUT2D eigenvalue weighted by molar-refractivity contribution is 5.17. The molecule has 5 aliphatic carbocycles. The first-order valence-corrected chi connectivity index (χ1v) is 13.9. The minimum atomic E-state index is 0.164. The van der Waals surface area contributed by atoms with Crippen LogP contribution in [0.4, 0.5) is 0 Å². The summed E-state index contributed by atoms with van der Waals surface area (Å²) in [5.74, 6) is 3.53. The second-order valence-corrected chi connectivity index (χ2v) is 15.4. The minimum absolute atomic E-state index is 0.164. The van der Waals surface area contributed by atoms with E-state index in [1.807, 2.05) is 0 Å². The van der Waals surface area contributed by atoms with Gasteiger partial charge >= 0.3 is 0 Å². The molecule has 5 fully saturated rings. The summed E-state index contributed by atoms with van der Waals surface area (Å²) in [6, 6.07) is 0. The highest BCUT2D eigenvalue weighted by atomic mass is 16.3. The number of rotatable bonds is 1. The van der Waals surface area contributed by atoms with Gasteiger partial charge in [-0.3, -0.25) is 0 Å². The van der Waals surface area contributed by atoms with Gasteiger partial charge in [-0.2, -0.15) is 0 Å². The first-order valence-electron chi connectivity index (χ1n) is 13.9. The predicted octanol–water partition coefficient (Wildman–Crippen LogP) is 8.25. The number of aliphatic hydroxyl groups is 1. The lowest BCUT2D eigenvalue weighted by Crippen LogP contribution is -2.66. The van der Waals surface area contributed by atoms with Gasteiger partial charge in [0.2, 0.25) is 0 Å². The molecule has 0 saturated heterocycles. The normalized spacial score (nSPS) is 58.5. The number of aliphatic hydroxyl groups excluding tert-OH is 1. The van der Waals surface area contributed by atoms with E-state index in [1.54, 1.807) is 0 Å². The molecule has 5 rings (SSSR count). The number of hydrogen-bond acceptors (Lipinski definition) is 1. The quantitative estimate of drug-likeness (QED) is 0.445. The molecule has 0 aromatic heterocycles. The Morgan fingerprint density at radius 2 is 1.35 bits per heavy atom. The van der Waals surface area contributed by atoms with Crippen molar-refractivity contribution in [3.63, 3.8) is 0 Å². The van der Waals surface area contributed by atoms with E-state index in [-0.39, 0.29) is 5.41 Å². The standard InChI is InChI=1S/C30H52O/c1-25(2)12-8-13-28(5)23(25)11-14-30(7)24(28)10-9-21-22-19-26(3,20-31)15-16-27(22,4)17-18-29(21,30)6/h21-24,31H,8-20H2,1-7H3/t21-,22+,23+,24-,26+,27-,28+,29-,30-/m1/s1. The summed E-state index contributed by atoms with van der Waals surface area (Å²) < 4.78 is 0. The van der Waals surface area contributed by atoms with Gasteiger partial charge in [-0.25, -0.2) is 0 Å². The SMILES string of the molecule is CC1(C)CCC[C@]2(C)[C@H]3CC[C@@H]4[C@@H]5C[C@@](C)(CO)CC[C@]5(C)CC[C@@]4(C)[C@]3(C)CC[C@@H]12. The van der Waals surface area contributed by atoms with Crippen LogP contribution >= 0.6 is 0 Å². The Labute approximate surface area is 193 Å². The predicted molar refractivity (Wildman–Crippen MR) is 131 cm³/mol. The van der Waals surface area contributed by atoms with Gasteiger partial charge < -0.3 is 5.11 Å². The highest BCUT2D eigenvalue weighted by Crippen LogP contribution is 2.76. The number of fused-ring (bicyclic) bond motifs is 7. The van der Waals surface area contributed by atoms with Crippen molar-refractivity contribution < 1.29 is 5.11 Å². The molecule has 9 atom stereocenters. The van der Waals surface area contributed by atoms with E-state index in [0.29, 0.717) is 33.7 Å². The fourth-order valence-electron chi connectivity index (χ4n) is 11.5. The zero-order chi connectivity index (χ0) is 22.5. The summed E-state index contributed by atoms with van der Waals surface area (Å²) in [5.41, 5.74) is 2.76. The van der Waals surface area contributed by atoms with Crippen molar-refractivity contribution in [2.45, 2.75) is 126 Å². The molecule has 5 saturated carbocycles. The van der Waals surface area contributed by atoms with Crippen LogP contribution in [0.1, 0.15) is 126 Å². The molecule has 178 valence electrons. The van der Waals surface area contributed by atoms with Crippen LogP contribution in [0.25, 0.3) is 0 Å². The van der Waals surface area contributed by atoms with Crippen molar-refractivity contribution >= 4 is 0 Å². The maximum Gasteiger partial charge on any atom is 0.0484 e. The summed E-state index contributed by atoms with van der Waals surface area (Å²) in [4.78, 5) is 0. The lowest BCUT2D eigenvalue weighted by molar-refractivity contribution is -0.244. The summed E-state index contributed by atoms with van der Waals surface area (Å²) in [6.07, 6.45) is 17.0. The molecule has 0 amide bonds. The molecule has 0 unspecified atom stereocenters. The molecule has 0 aliphatic heterocycles. The molecule has 0 heterocycles. The van der Waals surface area contributed by atoms with Crippen molar-refractivity contribution in [2.24, 2.45) is 56.2 Å². The average Bonchev–Trinajstić information content (AvgIpc) is 2.69. The molecule has 31 heavy (non-hydrogen) atoms. The van der Waals surface area contributed by atoms with Gasteiger partial charge in [0.25, 0.3) is 0 Å². The van der Waals surface area contributed by atoms with Crippen LogP contribution in [0, 0.1) is 56.2 Å². The fraction of sp³-hybridized carbons (Fsp3) is 1.00. The molecule has 0 spiro atoms. The van der Waals surface area contributed by atoms with Gasteiger partial charge in [-0.15, -0.1) is 0 Å². The van der Waals surface area contributed by atoms with Gasteiger partial charge in [-0.05, 0) is 127 Å². The van der Waals surface area contributed by atoms with Crippen molar-refractivity contribution in [2.75, 3.05) is 6.61 Å². The average molecular weight is 429 g/mol. The van der Waals surface area contributed by atoms with Crippen LogP contribution in [-0.4, -0.2) is 11.7 Å². The molecular weight excluding hydrogens is 376 g/mol. The maximum absolute atomic E-state index is 10.2. The third-order valence-electron chi connectivity index (χ3n) is 13.7. The van der Waals surface area contributed by atoms with Crippen LogP contribution in [0.3, 0.4) is 0 Å². The Bertz CT molecular complexity index is 726. The largest absolute Gasteiger partial charge is 0.396 e. The van der Waals surface area contributed by atoms with E-state index in [9.17, 15) is 5.11 Å². The second-order valence-electron chi connectivity index (χ2n) is 15.4.